The standard InChI is InChI=1S/C23H23N3O5/c1-16-6-2-3-7-21(16)31-20-13-17(12-18(14-20)26(28)29)24-23(27)22-9-8-19(30-22)15-25-10-4-5-11-25/h2-3,6-9,12-14H,4-5,10-11,15H2,1H3,(H,24,27). The van der Waals surface area contributed by atoms with E-state index in [1.165, 1.54) is 25.0 Å². The number of rotatable bonds is 7. The molecule has 0 saturated carbocycles. The first-order valence-electron chi connectivity index (χ1n) is 10.1. The Kier molecular flexibility index (Phi) is 5.99. The summed E-state index contributed by atoms with van der Waals surface area (Å²) < 4.78 is 11.5. The molecule has 1 saturated heterocycles. The van der Waals surface area contributed by atoms with Crippen molar-refractivity contribution >= 4 is 17.3 Å². The highest BCUT2D eigenvalue weighted by atomic mass is 16.6. The highest BCUT2D eigenvalue weighted by molar-refractivity contribution is 6.02. The number of carbonyl (C=O) groups is 1. The minimum absolute atomic E-state index is 0.155. The molecule has 0 bridgehead atoms. The lowest BCUT2D eigenvalue weighted by Crippen LogP contribution is -2.18. The van der Waals surface area contributed by atoms with Crippen LogP contribution in [0.4, 0.5) is 11.4 Å². The fourth-order valence-electron chi connectivity index (χ4n) is 3.56. The summed E-state index contributed by atoms with van der Waals surface area (Å²) in [5, 5.41) is 14.0. The SMILES string of the molecule is Cc1ccccc1Oc1cc(NC(=O)c2ccc(CN3CCCC3)o2)cc([N+](=O)[O-])c1. The van der Waals surface area contributed by atoms with E-state index in [4.69, 9.17) is 9.15 Å². The molecule has 3 aromatic rings. The number of para-hydroxylation sites is 1. The number of benzene rings is 2. The van der Waals surface area contributed by atoms with Gasteiger partial charge in [0.1, 0.15) is 17.3 Å². The molecule has 8 heteroatoms. The Labute approximate surface area is 179 Å². The van der Waals surface area contributed by atoms with Gasteiger partial charge in [0.25, 0.3) is 11.6 Å². The first kappa shape index (κ1) is 20.6. The van der Waals surface area contributed by atoms with Crippen LogP contribution in [0.2, 0.25) is 0 Å². The van der Waals surface area contributed by atoms with Gasteiger partial charge in [0.15, 0.2) is 5.76 Å². The monoisotopic (exact) mass is 421 g/mol. The van der Waals surface area contributed by atoms with Crippen molar-refractivity contribution in [2.24, 2.45) is 0 Å². The zero-order valence-corrected chi connectivity index (χ0v) is 17.2. The number of nitrogens with one attached hydrogen (secondary N) is 1. The molecular weight excluding hydrogens is 398 g/mol. The molecule has 1 aliphatic heterocycles. The molecule has 1 aromatic heterocycles. The third-order valence-electron chi connectivity index (χ3n) is 5.14. The van der Waals surface area contributed by atoms with Gasteiger partial charge >= 0.3 is 0 Å². The first-order chi connectivity index (χ1) is 15.0. The van der Waals surface area contributed by atoms with E-state index in [2.05, 4.69) is 10.2 Å². The van der Waals surface area contributed by atoms with Crippen molar-refractivity contribution in [1.29, 1.82) is 0 Å². The van der Waals surface area contributed by atoms with Gasteiger partial charge in [-0.15, -0.1) is 0 Å². The van der Waals surface area contributed by atoms with Crippen molar-refractivity contribution in [2.45, 2.75) is 26.3 Å². The molecule has 0 spiro atoms. The van der Waals surface area contributed by atoms with Crippen molar-refractivity contribution in [3.63, 3.8) is 0 Å². The van der Waals surface area contributed by atoms with Crippen LogP contribution >= 0.6 is 0 Å². The molecule has 8 nitrogen and oxygen atoms in total. The van der Waals surface area contributed by atoms with Gasteiger partial charge in [-0.05, 0) is 56.6 Å². The Balaban J connectivity index is 1.51. The normalized spacial score (nSPS) is 13.8. The molecule has 31 heavy (non-hydrogen) atoms. The van der Waals surface area contributed by atoms with Gasteiger partial charge in [0, 0.05) is 12.1 Å². The van der Waals surface area contributed by atoms with Crippen LogP contribution < -0.4 is 10.1 Å². The lowest BCUT2D eigenvalue weighted by atomic mass is 10.2. The molecule has 1 amide bonds. The third-order valence-corrected chi connectivity index (χ3v) is 5.14. The largest absolute Gasteiger partial charge is 0.457 e. The fraction of sp³-hybridized carbons (Fsp3) is 0.261. The summed E-state index contributed by atoms with van der Waals surface area (Å²) in [6, 6.07) is 14.9. The molecule has 1 aliphatic rings. The molecule has 0 radical (unpaired) electrons. The van der Waals surface area contributed by atoms with E-state index in [1.807, 2.05) is 25.1 Å². The lowest BCUT2D eigenvalue weighted by molar-refractivity contribution is -0.384. The average Bonchev–Trinajstić information content (AvgIpc) is 3.42. The van der Waals surface area contributed by atoms with Gasteiger partial charge in [0.05, 0.1) is 23.2 Å². The number of furan rings is 1. The molecule has 0 unspecified atom stereocenters. The van der Waals surface area contributed by atoms with Crippen LogP contribution in [0.3, 0.4) is 0 Å². The van der Waals surface area contributed by atoms with Crippen LogP contribution in [0, 0.1) is 17.0 Å². The number of hydrogen-bond donors (Lipinski definition) is 1. The smallest absolute Gasteiger partial charge is 0.291 e. The molecule has 1 N–H and O–H groups in total. The second-order valence-corrected chi connectivity index (χ2v) is 7.54. The van der Waals surface area contributed by atoms with Crippen LogP contribution in [0.1, 0.15) is 34.7 Å². The predicted molar refractivity (Wildman–Crippen MR) is 116 cm³/mol. The van der Waals surface area contributed by atoms with Gasteiger partial charge in [-0.3, -0.25) is 19.8 Å². The molecule has 0 atom stereocenters. The highest BCUT2D eigenvalue weighted by Crippen LogP contribution is 2.31. The Hall–Kier alpha value is -3.65. The van der Waals surface area contributed by atoms with Crippen molar-refractivity contribution < 1.29 is 18.9 Å². The quantitative estimate of drug-likeness (QED) is 0.419. The minimum Gasteiger partial charge on any atom is -0.457 e. The van der Waals surface area contributed by atoms with E-state index in [-0.39, 0.29) is 22.9 Å². The second-order valence-electron chi connectivity index (χ2n) is 7.54. The van der Waals surface area contributed by atoms with Gasteiger partial charge in [-0.25, -0.2) is 0 Å². The third kappa shape index (κ3) is 5.10. The number of amides is 1. The molecule has 4 rings (SSSR count). The van der Waals surface area contributed by atoms with Crippen molar-refractivity contribution in [2.75, 3.05) is 18.4 Å². The van der Waals surface area contributed by atoms with E-state index in [0.29, 0.717) is 12.3 Å². The van der Waals surface area contributed by atoms with E-state index in [9.17, 15) is 14.9 Å². The number of nitro groups is 1. The van der Waals surface area contributed by atoms with Gasteiger partial charge in [-0.2, -0.15) is 0 Å². The number of carbonyl (C=O) groups excluding carboxylic acids is 1. The van der Waals surface area contributed by atoms with Crippen LogP contribution in [0.25, 0.3) is 0 Å². The molecule has 2 heterocycles. The first-order valence-corrected chi connectivity index (χ1v) is 10.1. The van der Waals surface area contributed by atoms with Crippen molar-refractivity contribution in [3.8, 4) is 11.5 Å². The topological polar surface area (TPSA) is 97.8 Å². The van der Waals surface area contributed by atoms with E-state index in [1.54, 1.807) is 24.3 Å². The number of hydrogen-bond acceptors (Lipinski definition) is 6. The van der Waals surface area contributed by atoms with E-state index < -0.39 is 10.8 Å². The van der Waals surface area contributed by atoms with Crippen LogP contribution in [-0.2, 0) is 6.54 Å². The van der Waals surface area contributed by atoms with Crippen LogP contribution in [-0.4, -0.2) is 28.8 Å². The predicted octanol–water partition coefficient (Wildman–Crippen LogP) is 5.14. The molecular formula is C23H23N3O5. The number of nitrogens with zero attached hydrogens (tertiary/aromatic N) is 2. The molecule has 1 fully saturated rings. The Morgan fingerprint density at radius 1 is 1.16 bits per heavy atom. The number of non-ortho nitro benzene ring substituents is 1. The number of nitro benzene ring substituents is 1. The number of anilines is 1. The summed E-state index contributed by atoms with van der Waals surface area (Å²) in [4.78, 5) is 25.8. The summed E-state index contributed by atoms with van der Waals surface area (Å²) in [6.45, 7) is 4.60. The molecule has 2 aromatic carbocycles. The van der Waals surface area contributed by atoms with Gasteiger partial charge < -0.3 is 14.5 Å². The van der Waals surface area contributed by atoms with Crippen molar-refractivity contribution in [1.82, 2.24) is 4.90 Å². The maximum Gasteiger partial charge on any atom is 0.291 e. The zero-order valence-electron chi connectivity index (χ0n) is 17.2. The Bertz CT molecular complexity index is 1100. The Morgan fingerprint density at radius 2 is 1.94 bits per heavy atom. The summed E-state index contributed by atoms with van der Waals surface area (Å²) in [5.41, 5.74) is 0.955. The lowest BCUT2D eigenvalue weighted by Gasteiger charge is -2.12. The summed E-state index contributed by atoms with van der Waals surface area (Å²) in [7, 11) is 0. The summed E-state index contributed by atoms with van der Waals surface area (Å²) in [6.07, 6.45) is 2.35. The summed E-state index contributed by atoms with van der Waals surface area (Å²) >= 11 is 0. The highest BCUT2D eigenvalue weighted by Gasteiger charge is 2.18. The van der Waals surface area contributed by atoms with E-state index in [0.717, 1.165) is 24.4 Å². The maximum absolute atomic E-state index is 12.6. The Morgan fingerprint density at radius 3 is 2.68 bits per heavy atom. The van der Waals surface area contributed by atoms with Gasteiger partial charge in [0.2, 0.25) is 0 Å². The second kappa shape index (κ2) is 9.01. The summed E-state index contributed by atoms with van der Waals surface area (Å²) in [5.74, 6) is 1.23. The average molecular weight is 421 g/mol. The number of likely N-dealkylation sites (tertiary alicyclic amines) is 1. The number of ether oxygens (including phenoxy) is 1. The van der Waals surface area contributed by atoms with Crippen LogP contribution in [0.5, 0.6) is 11.5 Å². The maximum atomic E-state index is 12.6. The zero-order chi connectivity index (χ0) is 21.8. The molecule has 0 aliphatic carbocycles. The van der Waals surface area contributed by atoms with E-state index >= 15 is 0 Å². The number of aryl methyl sites for hydroxylation is 1. The molecule has 160 valence electrons. The van der Waals surface area contributed by atoms with Gasteiger partial charge in [-0.1, -0.05) is 18.2 Å². The fourth-order valence-corrected chi connectivity index (χ4v) is 3.56. The van der Waals surface area contributed by atoms with Crippen LogP contribution in [0.15, 0.2) is 59.0 Å². The van der Waals surface area contributed by atoms with Crippen molar-refractivity contribution in [3.05, 3.63) is 81.8 Å². The minimum atomic E-state index is -0.526.